The van der Waals surface area contributed by atoms with Crippen LogP contribution in [0.5, 0.6) is 0 Å². The van der Waals surface area contributed by atoms with E-state index >= 15 is 0 Å². The Balaban J connectivity index is 1.99. The summed E-state index contributed by atoms with van der Waals surface area (Å²) in [4.78, 5) is 11.4. The number of unbranched alkanes of at least 4 members (excludes halogenated alkanes) is 3. The molecule has 0 aliphatic heterocycles. The highest BCUT2D eigenvalue weighted by Gasteiger charge is 2.02. The summed E-state index contributed by atoms with van der Waals surface area (Å²) < 4.78 is 5.16. The Morgan fingerprint density at radius 3 is 2.94 bits per heavy atom. The van der Waals surface area contributed by atoms with E-state index in [1.807, 2.05) is 12.1 Å². The van der Waals surface area contributed by atoms with Crippen LogP contribution in [-0.2, 0) is 11.2 Å². The molecule has 1 heterocycles. The van der Waals surface area contributed by atoms with E-state index < -0.39 is 0 Å². The van der Waals surface area contributed by atoms with Crippen molar-refractivity contribution in [1.82, 2.24) is 5.32 Å². The van der Waals surface area contributed by atoms with Gasteiger partial charge in [-0.2, -0.15) is 0 Å². The molecule has 0 unspecified atom stereocenters. The molecular weight excluding hydrogens is 202 g/mol. The molecule has 0 aliphatic rings. The van der Waals surface area contributed by atoms with Crippen LogP contribution in [0.25, 0.3) is 0 Å². The highest BCUT2D eigenvalue weighted by molar-refractivity contribution is 5.75. The zero-order valence-electron chi connectivity index (χ0n) is 10.00. The number of carbonyl (C=O) groups excluding carboxylic acids is 1. The van der Waals surface area contributed by atoms with Crippen molar-refractivity contribution in [3.05, 3.63) is 24.2 Å². The van der Waals surface area contributed by atoms with E-state index in [1.54, 1.807) is 6.26 Å². The summed E-state index contributed by atoms with van der Waals surface area (Å²) in [6.45, 7) is 2.99. The monoisotopic (exact) mass is 223 g/mol. The Morgan fingerprint density at radius 2 is 2.25 bits per heavy atom. The number of rotatable bonds is 8. The standard InChI is InChI=1S/C13H21NO2/c1-2-3-4-5-10-14-13(15)9-8-12-7-6-11-16-12/h6-7,11H,2-5,8-10H2,1H3,(H,14,15). The molecule has 0 bridgehead atoms. The molecule has 90 valence electrons. The molecule has 1 amide bonds. The largest absolute Gasteiger partial charge is 0.469 e. The smallest absolute Gasteiger partial charge is 0.220 e. The van der Waals surface area contributed by atoms with Gasteiger partial charge in [0.05, 0.1) is 6.26 Å². The fourth-order valence-electron chi connectivity index (χ4n) is 1.56. The lowest BCUT2D eigenvalue weighted by Gasteiger charge is -2.03. The van der Waals surface area contributed by atoms with Gasteiger partial charge >= 0.3 is 0 Å². The van der Waals surface area contributed by atoms with Crippen molar-refractivity contribution in [1.29, 1.82) is 0 Å². The summed E-state index contributed by atoms with van der Waals surface area (Å²) in [5.41, 5.74) is 0. The van der Waals surface area contributed by atoms with Gasteiger partial charge in [0.15, 0.2) is 0 Å². The molecule has 1 rings (SSSR count). The highest BCUT2D eigenvalue weighted by Crippen LogP contribution is 2.03. The molecule has 3 heteroatoms. The van der Waals surface area contributed by atoms with Crippen LogP contribution >= 0.6 is 0 Å². The van der Waals surface area contributed by atoms with Gasteiger partial charge in [0.1, 0.15) is 5.76 Å². The van der Waals surface area contributed by atoms with Crippen LogP contribution in [0, 0.1) is 0 Å². The molecule has 1 N–H and O–H groups in total. The number of aryl methyl sites for hydroxylation is 1. The number of nitrogens with one attached hydrogen (secondary N) is 1. The van der Waals surface area contributed by atoms with E-state index in [2.05, 4.69) is 12.2 Å². The van der Waals surface area contributed by atoms with E-state index in [1.165, 1.54) is 19.3 Å². The third-order valence-corrected chi connectivity index (χ3v) is 2.53. The number of furan rings is 1. The average molecular weight is 223 g/mol. The Labute approximate surface area is 97.2 Å². The fraction of sp³-hybridized carbons (Fsp3) is 0.615. The first kappa shape index (κ1) is 12.8. The van der Waals surface area contributed by atoms with Crippen LogP contribution in [-0.4, -0.2) is 12.5 Å². The first-order chi connectivity index (χ1) is 7.83. The van der Waals surface area contributed by atoms with Crippen molar-refractivity contribution < 1.29 is 9.21 Å². The number of carbonyl (C=O) groups is 1. The van der Waals surface area contributed by atoms with Crippen molar-refractivity contribution >= 4 is 5.91 Å². The van der Waals surface area contributed by atoms with Gasteiger partial charge in [0, 0.05) is 19.4 Å². The first-order valence-electron chi connectivity index (χ1n) is 6.12. The maximum Gasteiger partial charge on any atom is 0.220 e. The van der Waals surface area contributed by atoms with E-state index in [9.17, 15) is 4.79 Å². The lowest BCUT2D eigenvalue weighted by molar-refractivity contribution is -0.121. The van der Waals surface area contributed by atoms with Gasteiger partial charge in [0.2, 0.25) is 5.91 Å². The van der Waals surface area contributed by atoms with Crippen molar-refractivity contribution in [3.63, 3.8) is 0 Å². The SMILES string of the molecule is CCCCCCNC(=O)CCc1ccco1. The quantitative estimate of drug-likeness (QED) is 0.688. The molecule has 0 saturated heterocycles. The van der Waals surface area contributed by atoms with Crippen molar-refractivity contribution in [2.24, 2.45) is 0 Å². The predicted molar refractivity (Wildman–Crippen MR) is 64.2 cm³/mol. The lowest BCUT2D eigenvalue weighted by atomic mass is 10.2. The Bertz CT molecular complexity index is 280. The highest BCUT2D eigenvalue weighted by atomic mass is 16.3. The van der Waals surface area contributed by atoms with Crippen LogP contribution < -0.4 is 5.32 Å². The third kappa shape index (κ3) is 5.59. The molecule has 0 atom stereocenters. The minimum Gasteiger partial charge on any atom is -0.469 e. The topological polar surface area (TPSA) is 42.2 Å². The molecule has 1 aromatic rings. The molecule has 0 spiro atoms. The molecule has 16 heavy (non-hydrogen) atoms. The zero-order chi connectivity index (χ0) is 11.6. The van der Waals surface area contributed by atoms with Crippen molar-refractivity contribution in [2.45, 2.75) is 45.4 Å². The van der Waals surface area contributed by atoms with Gasteiger partial charge in [-0.3, -0.25) is 4.79 Å². The first-order valence-corrected chi connectivity index (χ1v) is 6.12. The molecule has 0 aromatic carbocycles. The zero-order valence-corrected chi connectivity index (χ0v) is 10.00. The molecule has 0 saturated carbocycles. The van der Waals surface area contributed by atoms with E-state index in [0.29, 0.717) is 12.8 Å². The maximum absolute atomic E-state index is 11.4. The summed E-state index contributed by atoms with van der Waals surface area (Å²) in [6, 6.07) is 3.74. The fourth-order valence-corrected chi connectivity index (χ4v) is 1.56. The number of amides is 1. The predicted octanol–water partition coefficient (Wildman–Crippen LogP) is 2.91. The minimum absolute atomic E-state index is 0.118. The van der Waals surface area contributed by atoms with Crippen molar-refractivity contribution in [3.8, 4) is 0 Å². The van der Waals surface area contributed by atoms with Crippen molar-refractivity contribution in [2.75, 3.05) is 6.54 Å². The second-order valence-corrected chi connectivity index (χ2v) is 3.99. The van der Waals surface area contributed by atoms with Crippen LogP contribution in [0.1, 0.15) is 44.8 Å². The molecule has 0 aliphatic carbocycles. The molecular formula is C13H21NO2. The third-order valence-electron chi connectivity index (χ3n) is 2.53. The maximum atomic E-state index is 11.4. The summed E-state index contributed by atoms with van der Waals surface area (Å²) in [7, 11) is 0. The molecule has 0 fully saturated rings. The average Bonchev–Trinajstić information content (AvgIpc) is 2.79. The molecule has 0 radical (unpaired) electrons. The van der Waals surface area contributed by atoms with Crippen LogP contribution in [0.15, 0.2) is 22.8 Å². The Hall–Kier alpha value is -1.25. The van der Waals surface area contributed by atoms with Gasteiger partial charge in [-0.15, -0.1) is 0 Å². The number of hydrogen-bond acceptors (Lipinski definition) is 2. The Kier molecular flexibility index (Phi) is 6.38. The number of hydrogen-bond donors (Lipinski definition) is 1. The van der Waals surface area contributed by atoms with Crippen LogP contribution in [0.3, 0.4) is 0 Å². The van der Waals surface area contributed by atoms with Gasteiger partial charge < -0.3 is 9.73 Å². The van der Waals surface area contributed by atoms with Gasteiger partial charge in [-0.05, 0) is 18.6 Å². The second kappa shape index (κ2) is 7.97. The molecule has 1 aromatic heterocycles. The summed E-state index contributed by atoms with van der Waals surface area (Å²) >= 11 is 0. The second-order valence-electron chi connectivity index (χ2n) is 3.99. The summed E-state index contributed by atoms with van der Waals surface area (Å²) in [5.74, 6) is 0.994. The van der Waals surface area contributed by atoms with E-state index in [-0.39, 0.29) is 5.91 Å². The summed E-state index contributed by atoms with van der Waals surface area (Å²) in [6.07, 6.45) is 7.61. The van der Waals surface area contributed by atoms with E-state index in [0.717, 1.165) is 18.7 Å². The molecule has 3 nitrogen and oxygen atoms in total. The minimum atomic E-state index is 0.118. The Morgan fingerprint density at radius 1 is 1.38 bits per heavy atom. The van der Waals surface area contributed by atoms with Crippen LogP contribution in [0.4, 0.5) is 0 Å². The van der Waals surface area contributed by atoms with Gasteiger partial charge in [-0.25, -0.2) is 0 Å². The summed E-state index contributed by atoms with van der Waals surface area (Å²) in [5, 5.41) is 2.92. The van der Waals surface area contributed by atoms with Crippen LogP contribution in [0.2, 0.25) is 0 Å². The lowest BCUT2D eigenvalue weighted by Crippen LogP contribution is -2.24. The van der Waals surface area contributed by atoms with Gasteiger partial charge in [-0.1, -0.05) is 26.2 Å². The van der Waals surface area contributed by atoms with Gasteiger partial charge in [0.25, 0.3) is 0 Å². The van der Waals surface area contributed by atoms with E-state index in [4.69, 9.17) is 4.42 Å². The normalized spacial score (nSPS) is 10.3.